The van der Waals surface area contributed by atoms with Crippen LogP contribution in [0.15, 0.2) is 42.5 Å². The first-order chi connectivity index (χ1) is 15.8. The van der Waals surface area contributed by atoms with Crippen LogP contribution >= 0.6 is 0 Å². The maximum absolute atomic E-state index is 13.0. The molecule has 0 aliphatic carbocycles. The second-order valence-electron chi connectivity index (χ2n) is 8.26. The number of hydrogen-bond acceptors (Lipinski definition) is 6. The van der Waals surface area contributed by atoms with Gasteiger partial charge < -0.3 is 25.0 Å². The molecule has 0 aromatic heterocycles. The SMILES string of the molecule is CC1(c2cccc(NC(=O)C3CCN(c4ccc5c(c4)OCCO5)C3=O)c2)NC(=O)NC1=O. The normalized spacial score (nSPS) is 23.8. The topological polar surface area (TPSA) is 126 Å². The van der Waals surface area contributed by atoms with E-state index in [1.54, 1.807) is 54.3 Å². The largest absolute Gasteiger partial charge is 0.486 e. The summed E-state index contributed by atoms with van der Waals surface area (Å²) in [6, 6.07) is 11.3. The lowest BCUT2D eigenvalue weighted by molar-refractivity contribution is -0.129. The molecule has 2 unspecified atom stereocenters. The highest BCUT2D eigenvalue weighted by Crippen LogP contribution is 2.36. The molecule has 10 nitrogen and oxygen atoms in total. The lowest BCUT2D eigenvalue weighted by Gasteiger charge is -2.22. The number of ether oxygens (including phenoxy) is 2. The Hall–Kier alpha value is -4.08. The first-order valence-electron chi connectivity index (χ1n) is 10.6. The monoisotopic (exact) mass is 450 g/mol. The number of nitrogens with one attached hydrogen (secondary N) is 3. The summed E-state index contributed by atoms with van der Waals surface area (Å²) in [6.07, 6.45) is 0.370. The van der Waals surface area contributed by atoms with Crippen LogP contribution < -0.4 is 30.3 Å². The van der Waals surface area contributed by atoms with Crippen LogP contribution in [-0.2, 0) is 19.9 Å². The molecule has 2 fully saturated rings. The molecule has 10 heteroatoms. The third-order valence-corrected chi connectivity index (χ3v) is 6.11. The van der Waals surface area contributed by atoms with E-state index >= 15 is 0 Å². The summed E-state index contributed by atoms with van der Waals surface area (Å²) in [5.41, 5.74) is 0.353. The Morgan fingerprint density at radius 1 is 1.09 bits per heavy atom. The molecular weight excluding hydrogens is 428 g/mol. The van der Waals surface area contributed by atoms with Crippen molar-refractivity contribution in [2.75, 3.05) is 30.0 Å². The number of fused-ring (bicyclic) bond motifs is 1. The molecular formula is C23H22N4O6. The maximum Gasteiger partial charge on any atom is 0.322 e. The molecule has 0 saturated carbocycles. The molecule has 3 heterocycles. The van der Waals surface area contributed by atoms with E-state index < -0.39 is 29.3 Å². The van der Waals surface area contributed by atoms with Crippen molar-refractivity contribution in [1.29, 1.82) is 0 Å². The van der Waals surface area contributed by atoms with Crippen LogP contribution in [0.1, 0.15) is 18.9 Å². The highest BCUT2D eigenvalue weighted by molar-refractivity contribution is 6.13. The quantitative estimate of drug-likeness (QED) is 0.479. The van der Waals surface area contributed by atoms with E-state index in [1.165, 1.54) is 0 Å². The lowest BCUT2D eigenvalue weighted by atomic mass is 9.92. The third kappa shape index (κ3) is 3.63. The number of hydrogen-bond donors (Lipinski definition) is 3. The Kier molecular flexibility index (Phi) is 4.92. The van der Waals surface area contributed by atoms with Crippen LogP contribution in [-0.4, -0.2) is 43.5 Å². The predicted octanol–water partition coefficient (Wildman–Crippen LogP) is 1.50. The molecule has 5 amide bonds. The Balaban J connectivity index is 1.30. The molecule has 2 aromatic rings. The molecule has 3 aliphatic heterocycles. The van der Waals surface area contributed by atoms with E-state index in [-0.39, 0.29) is 5.91 Å². The first kappa shape index (κ1) is 20.8. The van der Waals surface area contributed by atoms with Gasteiger partial charge in [-0.2, -0.15) is 0 Å². The van der Waals surface area contributed by atoms with Gasteiger partial charge in [0.1, 0.15) is 24.7 Å². The van der Waals surface area contributed by atoms with Crippen LogP contribution in [0.3, 0.4) is 0 Å². The van der Waals surface area contributed by atoms with Gasteiger partial charge in [-0.3, -0.25) is 19.7 Å². The van der Waals surface area contributed by atoms with Crippen LogP contribution in [0.25, 0.3) is 0 Å². The number of amides is 5. The van der Waals surface area contributed by atoms with E-state index in [4.69, 9.17) is 9.47 Å². The van der Waals surface area contributed by atoms with Crippen LogP contribution in [0.5, 0.6) is 11.5 Å². The van der Waals surface area contributed by atoms with Crippen molar-refractivity contribution < 1.29 is 28.7 Å². The van der Waals surface area contributed by atoms with Crippen molar-refractivity contribution in [2.24, 2.45) is 5.92 Å². The maximum atomic E-state index is 13.0. The standard InChI is InChI=1S/C23H22N4O6/c1-23(21(30)25-22(31)26-23)13-3-2-4-14(11-13)24-19(28)16-7-8-27(20(16)29)15-5-6-17-18(12-15)33-10-9-32-17/h2-6,11-12,16H,7-10H2,1H3,(H,24,28)(H2,25,26,30,31). The highest BCUT2D eigenvalue weighted by atomic mass is 16.6. The Morgan fingerprint density at radius 3 is 2.64 bits per heavy atom. The molecule has 2 atom stereocenters. The van der Waals surface area contributed by atoms with Crippen molar-refractivity contribution in [1.82, 2.24) is 10.6 Å². The molecule has 0 radical (unpaired) electrons. The zero-order valence-electron chi connectivity index (χ0n) is 17.8. The number of carbonyl (C=O) groups is 4. The molecule has 2 aromatic carbocycles. The van der Waals surface area contributed by atoms with E-state index in [0.717, 1.165) is 0 Å². The van der Waals surface area contributed by atoms with Gasteiger partial charge in [-0.05, 0) is 43.2 Å². The van der Waals surface area contributed by atoms with Crippen LogP contribution in [0, 0.1) is 5.92 Å². The Labute approximate surface area is 189 Å². The Morgan fingerprint density at radius 2 is 1.88 bits per heavy atom. The van der Waals surface area contributed by atoms with Crippen molar-refractivity contribution in [3.63, 3.8) is 0 Å². The summed E-state index contributed by atoms with van der Waals surface area (Å²) in [4.78, 5) is 51.3. The first-order valence-corrected chi connectivity index (χ1v) is 10.6. The predicted molar refractivity (Wildman–Crippen MR) is 117 cm³/mol. The van der Waals surface area contributed by atoms with Gasteiger partial charge in [-0.15, -0.1) is 0 Å². The minimum atomic E-state index is -1.24. The smallest absolute Gasteiger partial charge is 0.322 e. The fraction of sp³-hybridized carbons (Fsp3) is 0.304. The minimum absolute atomic E-state index is 0.297. The number of anilines is 2. The number of benzene rings is 2. The average molecular weight is 450 g/mol. The van der Waals surface area contributed by atoms with Crippen molar-refractivity contribution in [2.45, 2.75) is 18.9 Å². The summed E-state index contributed by atoms with van der Waals surface area (Å²) >= 11 is 0. The van der Waals surface area contributed by atoms with Gasteiger partial charge in [0.05, 0.1) is 0 Å². The highest BCUT2D eigenvalue weighted by Gasteiger charge is 2.43. The molecule has 170 valence electrons. The van der Waals surface area contributed by atoms with E-state index in [9.17, 15) is 19.2 Å². The molecule has 2 saturated heterocycles. The van der Waals surface area contributed by atoms with Crippen LogP contribution in [0.2, 0.25) is 0 Å². The number of carbonyl (C=O) groups excluding carboxylic acids is 4. The summed E-state index contributed by atoms with van der Waals surface area (Å²) in [5.74, 6) is -0.833. The van der Waals surface area contributed by atoms with Gasteiger partial charge >= 0.3 is 6.03 Å². The molecule has 3 aliphatic rings. The van der Waals surface area contributed by atoms with Gasteiger partial charge in [-0.1, -0.05) is 12.1 Å². The van der Waals surface area contributed by atoms with Crippen LogP contribution in [0.4, 0.5) is 16.2 Å². The van der Waals surface area contributed by atoms with Crippen molar-refractivity contribution in [3.05, 3.63) is 48.0 Å². The molecule has 0 spiro atoms. The third-order valence-electron chi connectivity index (χ3n) is 6.11. The van der Waals surface area contributed by atoms with Crippen molar-refractivity contribution in [3.8, 4) is 11.5 Å². The molecule has 33 heavy (non-hydrogen) atoms. The molecule has 3 N–H and O–H groups in total. The van der Waals surface area contributed by atoms with E-state index in [0.29, 0.717) is 54.6 Å². The number of urea groups is 1. The second kappa shape index (κ2) is 7.80. The second-order valence-corrected chi connectivity index (χ2v) is 8.26. The van der Waals surface area contributed by atoms with Gasteiger partial charge in [0.2, 0.25) is 11.8 Å². The van der Waals surface area contributed by atoms with E-state index in [2.05, 4.69) is 16.0 Å². The molecule has 5 rings (SSSR count). The number of rotatable bonds is 4. The Bertz CT molecular complexity index is 1180. The fourth-order valence-corrected chi connectivity index (χ4v) is 4.26. The van der Waals surface area contributed by atoms with Crippen molar-refractivity contribution >= 4 is 35.1 Å². The summed E-state index contributed by atoms with van der Waals surface area (Å²) in [7, 11) is 0. The summed E-state index contributed by atoms with van der Waals surface area (Å²) in [5, 5.41) is 7.57. The molecule has 0 bridgehead atoms. The minimum Gasteiger partial charge on any atom is -0.486 e. The van der Waals surface area contributed by atoms with Gasteiger partial charge in [0, 0.05) is 24.0 Å². The summed E-state index contributed by atoms with van der Waals surface area (Å²) in [6.45, 7) is 2.91. The zero-order chi connectivity index (χ0) is 23.2. The van der Waals surface area contributed by atoms with E-state index in [1.807, 2.05) is 0 Å². The fourth-order valence-electron chi connectivity index (χ4n) is 4.26. The average Bonchev–Trinajstić information content (AvgIpc) is 3.32. The number of imide groups is 1. The van der Waals surface area contributed by atoms with Gasteiger partial charge in [0.25, 0.3) is 5.91 Å². The van der Waals surface area contributed by atoms with Gasteiger partial charge in [-0.25, -0.2) is 4.79 Å². The van der Waals surface area contributed by atoms with Gasteiger partial charge in [0.15, 0.2) is 11.5 Å². The zero-order valence-corrected chi connectivity index (χ0v) is 17.8. The lowest BCUT2D eigenvalue weighted by Crippen LogP contribution is -2.40. The number of nitrogens with zero attached hydrogens (tertiary/aromatic N) is 1. The summed E-state index contributed by atoms with van der Waals surface area (Å²) < 4.78 is 11.1.